The minimum Gasteiger partial charge on any atom is -0.373 e. The fraction of sp³-hybridized carbons (Fsp3) is 0.500. The number of benzene rings is 2. The first-order valence-corrected chi connectivity index (χ1v) is 13.3. The Balaban J connectivity index is 1.36. The van der Waals surface area contributed by atoms with Gasteiger partial charge < -0.3 is 4.74 Å². The summed E-state index contributed by atoms with van der Waals surface area (Å²) in [6.07, 6.45) is 17.0. The molecule has 0 heterocycles. The van der Waals surface area contributed by atoms with Crippen molar-refractivity contribution in [3.63, 3.8) is 0 Å². The third kappa shape index (κ3) is 9.22. The second-order valence-corrected chi connectivity index (χ2v) is 9.83. The molecule has 0 aliphatic heterocycles. The van der Waals surface area contributed by atoms with Gasteiger partial charge in [-0.3, -0.25) is 0 Å². The van der Waals surface area contributed by atoms with Gasteiger partial charge in [0.2, 0.25) is 0 Å². The Kier molecular flexibility index (Phi) is 11.6. The van der Waals surface area contributed by atoms with Crippen LogP contribution < -0.4 is 0 Å². The van der Waals surface area contributed by atoms with E-state index in [2.05, 4.69) is 67.6 Å². The molecule has 0 radical (unpaired) electrons. The average molecular weight is 463 g/mol. The van der Waals surface area contributed by atoms with E-state index in [1.807, 2.05) is 19.1 Å². The number of alkyl halides is 1. The third-order valence-electron chi connectivity index (χ3n) is 7.16. The summed E-state index contributed by atoms with van der Waals surface area (Å²) in [7, 11) is 0. The molecule has 0 saturated heterocycles. The SMILES string of the molecule is CC=CCOCc1ccc(CCc2ccc(CCC3CCC(CC=CCC)C(F)C3)cc2)cc1. The van der Waals surface area contributed by atoms with Crippen LogP contribution in [0.1, 0.15) is 74.6 Å². The first-order valence-electron chi connectivity index (χ1n) is 13.3. The molecule has 0 bridgehead atoms. The molecule has 184 valence electrons. The predicted molar refractivity (Wildman–Crippen MR) is 143 cm³/mol. The van der Waals surface area contributed by atoms with Gasteiger partial charge in [0.15, 0.2) is 0 Å². The molecule has 1 saturated carbocycles. The van der Waals surface area contributed by atoms with Crippen LogP contribution in [0, 0.1) is 11.8 Å². The maximum absolute atomic E-state index is 14.6. The quantitative estimate of drug-likeness (QED) is 0.214. The predicted octanol–water partition coefficient (Wildman–Crippen LogP) is 8.61. The van der Waals surface area contributed by atoms with Crippen LogP contribution in [0.2, 0.25) is 0 Å². The van der Waals surface area contributed by atoms with Gasteiger partial charge in [-0.25, -0.2) is 4.39 Å². The molecule has 0 amide bonds. The van der Waals surface area contributed by atoms with E-state index in [-0.39, 0.29) is 5.92 Å². The molecule has 2 heteroatoms. The molecule has 2 aromatic rings. The van der Waals surface area contributed by atoms with Crippen LogP contribution in [0.5, 0.6) is 0 Å². The van der Waals surface area contributed by atoms with Crippen LogP contribution in [-0.4, -0.2) is 12.8 Å². The lowest BCUT2D eigenvalue weighted by molar-refractivity contribution is 0.123. The topological polar surface area (TPSA) is 9.23 Å². The van der Waals surface area contributed by atoms with Crippen molar-refractivity contribution >= 4 is 0 Å². The lowest BCUT2D eigenvalue weighted by Crippen LogP contribution is -2.26. The van der Waals surface area contributed by atoms with E-state index in [1.165, 1.54) is 28.7 Å². The van der Waals surface area contributed by atoms with Crippen LogP contribution in [0.15, 0.2) is 72.8 Å². The Morgan fingerprint density at radius 1 is 0.824 bits per heavy atom. The number of hydrogen-bond donors (Lipinski definition) is 0. The highest BCUT2D eigenvalue weighted by Crippen LogP contribution is 2.35. The van der Waals surface area contributed by atoms with Gasteiger partial charge in [0, 0.05) is 0 Å². The van der Waals surface area contributed by atoms with E-state index < -0.39 is 6.17 Å². The van der Waals surface area contributed by atoms with Crippen molar-refractivity contribution in [3.8, 4) is 0 Å². The van der Waals surface area contributed by atoms with Gasteiger partial charge in [-0.15, -0.1) is 0 Å². The Hall–Kier alpha value is -2.19. The van der Waals surface area contributed by atoms with Crippen LogP contribution in [0.4, 0.5) is 4.39 Å². The lowest BCUT2D eigenvalue weighted by atomic mass is 9.77. The number of aryl methyl sites for hydroxylation is 3. The van der Waals surface area contributed by atoms with Gasteiger partial charge in [0.05, 0.1) is 13.2 Å². The summed E-state index contributed by atoms with van der Waals surface area (Å²) in [5, 5.41) is 0. The second-order valence-electron chi connectivity index (χ2n) is 9.83. The first kappa shape index (κ1) is 26.4. The van der Waals surface area contributed by atoms with Crippen molar-refractivity contribution in [2.75, 3.05) is 6.61 Å². The maximum atomic E-state index is 14.6. The first-order chi connectivity index (χ1) is 16.7. The van der Waals surface area contributed by atoms with Crippen molar-refractivity contribution < 1.29 is 9.13 Å². The summed E-state index contributed by atoms with van der Waals surface area (Å²) in [5.74, 6) is 0.781. The number of allylic oxidation sites excluding steroid dienone is 3. The van der Waals surface area contributed by atoms with E-state index in [0.29, 0.717) is 19.1 Å². The lowest BCUT2D eigenvalue weighted by Gasteiger charge is -2.31. The number of hydrogen-bond acceptors (Lipinski definition) is 1. The Bertz CT molecular complexity index is 865. The van der Waals surface area contributed by atoms with Gasteiger partial charge in [0.1, 0.15) is 6.17 Å². The van der Waals surface area contributed by atoms with Crippen molar-refractivity contribution in [1.82, 2.24) is 0 Å². The normalized spacial score (nSPS) is 21.0. The number of ether oxygens (including phenoxy) is 1. The molecule has 0 N–H and O–H groups in total. The van der Waals surface area contributed by atoms with E-state index in [0.717, 1.165) is 51.4 Å². The zero-order valence-corrected chi connectivity index (χ0v) is 21.2. The summed E-state index contributed by atoms with van der Waals surface area (Å²) in [5.41, 5.74) is 5.35. The molecule has 1 aliphatic rings. The van der Waals surface area contributed by atoms with Crippen LogP contribution in [-0.2, 0) is 30.6 Å². The monoisotopic (exact) mass is 462 g/mol. The second kappa shape index (κ2) is 14.9. The average Bonchev–Trinajstić information content (AvgIpc) is 2.87. The highest BCUT2D eigenvalue weighted by atomic mass is 19.1. The molecule has 3 rings (SSSR count). The Morgan fingerprint density at radius 3 is 2.03 bits per heavy atom. The molecule has 1 fully saturated rings. The highest BCUT2D eigenvalue weighted by Gasteiger charge is 2.29. The van der Waals surface area contributed by atoms with Crippen molar-refractivity contribution in [2.45, 2.75) is 84.4 Å². The smallest absolute Gasteiger partial charge is 0.103 e. The third-order valence-corrected chi connectivity index (χ3v) is 7.16. The van der Waals surface area contributed by atoms with E-state index in [9.17, 15) is 4.39 Å². The highest BCUT2D eigenvalue weighted by molar-refractivity contribution is 5.26. The summed E-state index contributed by atoms with van der Waals surface area (Å²) in [6, 6.07) is 17.9. The van der Waals surface area contributed by atoms with Crippen LogP contribution >= 0.6 is 0 Å². The van der Waals surface area contributed by atoms with E-state index in [1.54, 1.807) is 0 Å². The van der Waals surface area contributed by atoms with E-state index >= 15 is 0 Å². The van der Waals surface area contributed by atoms with Gasteiger partial charge in [0.25, 0.3) is 0 Å². The summed E-state index contributed by atoms with van der Waals surface area (Å²) in [6.45, 7) is 5.47. The van der Waals surface area contributed by atoms with Gasteiger partial charge in [-0.1, -0.05) is 79.8 Å². The van der Waals surface area contributed by atoms with E-state index in [4.69, 9.17) is 4.74 Å². The molecule has 1 nitrogen and oxygen atoms in total. The van der Waals surface area contributed by atoms with Gasteiger partial charge >= 0.3 is 0 Å². The van der Waals surface area contributed by atoms with Crippen LogP contribution in [0.25, 0.3) is 0 Å². The zero-order chi connectivity index (χ0) is 24.0. The molecular formula is C32H43FO. The summed E-state index contributed by atoms with van der Waals surface area (Å²) < 4.78 is 20.2. The summed E-state index contributed by atoms with van der Waals surface area (Å²) >= 11 is 0. The molecule has 2 aromatic carbocycles. The van der Waals surface area contributed by atoms with Crippen molar-refractivity contribution in [1.29, 1.82) is 0 Å². The number of halogens is 1. The van der Waals surface area contributed by atoms with Gasteiger partial charge in [-0.2, -0.15) is 0 Å². The van der Waals surface area contributed by atoms with Crippen LogP contribution in [0.3, 0.4) is 0 Å². The summed E-state index contributed by atoms with van der Waals surface area (Å²) in [4.78, 5) is 0. The minimum atomic E-state index is -0.623. The number of rotatable bonds is 13. The largest absolute Gasteiger partial charge is 0.373 e. The maximum Gasteiger partial charge on any atom is 0.103 e. The molecule has 0 aromatic heterocycles. The standard InChI is InChI=1S/C32H43FO/c1-3-5-7-8-31-22-21-29(24-32(31)33)18-15-27-12-9-26(10-13-27)11-14-28-16-19-30(20-17-28)25-34-23-6-4-2/h4-7,9-10,12-13,16-17,19-20,29,31-32H,3,8,11,14-15,18,21-25H2,1-2H3. The minimum absolute atomic E-state index is 0.242. The van der Waals surface area contributed by atoms with Gasteiger partial charge in [-0.05, 0) is 98.8 Å². The fourth-order valence-electron chi connectivity index (χ4n) is 4.90. The van der Waals surface area contributed by atoms with Crippen molar-refractivity contribution in [2.24, 2.45) is 11.8 Å². The molecular weight excluding hydrogens is 419 g/mol. The molecule has 3 unspecified atom stereocenters. The van der Waals surface area contributed by atoms with Crippen molar-refractivity contribution in [3.05, 3.63) is 95.1 Å². The molecule has 1 aliphatic carbocycles. The molecule has 3 atom stereocenters. The Morgan fingerprint density at radius 2 is 1.44 bits per heavy atom. The zero-order valence-electron chi connectivity index (χ0n) is 21.2. The fourth-order valence-corrected chi connectivity index (χ4v) is 4.90. The molecule has 0 spiro atoms. The Labute approximate surface area is 207 Å². The molecule has 34 heavy (non-hydrogen) atoms.